The minimum absolute atomic E-state index is 0.123. The van der Waals surface area contributed by atoms with Gasteiger partial charge in [0.15, 0.2) is 0 Å². The molecule has 3 aromatic rings. The number of aryl methyl sites for hydroxylation is 1. The van der Waals surface area contributed by atoms with E-state index >= 15 is 0 Å². The Hall–Kier alpha value is -3.01. The lowest BCUT2D eigenvalue weighted by Gasteiger charge is -2.24. The van der Waals surface area contributed by atoms with Gasteiger partial charge in [-0.2, -0.15) is 0 Å². The Bertz CT molecular complexity index is 1080. The Morgan fingerprint density at radius 1 is 1.03 bits per heavy atom. The molecule has 0 saturated heterocycles. The van der Waals surface area contributed by atoms with Crippen LogP contribution in [0.4, 0.5) is 4.39 Å². The normalized spacial score (nSPS) is 11.6. The van der Waals surface area contributed by atoms with Crippen LogP contribution in [0.1, 0.15) is 57.4 Å². The van der Waals surface area contributed by atoms with Crippen molar-refractivity contribution in [2.75, 3.05) is 0 Å². The third-order valence-corrected chi connectivity index (χ3v) is 4.91. The molecule has 0 bridgehead atoms. The largest absolute Gasteiger partial charge is 0.380 e. The highest BCUT2D eigenvalue weighted by Gasteiger charge is 2.16. The Morgan fingerprint density at radius 3 is 2.37 bits per heavy atom. The zero-order chi connectivity index (χ0) is 22.1. The Labute approximate surface area is 179 Å². The molecule has 30 heavy (non-hydrogen) atoms. The van der Waals surface area contributed by atoms with Crippen LogP contribution in [0.25, 0.3) is 28.0 Å². The Balaban J connectivity index is 2.21. The highest BCUT2D eigenvalue weighted by atomic mass is 19.1. The summed E-state index contributed by atoms with van der Waals surface area (Å²) in [6, 6.07) is 11.6. The van der Waals surface area contributed by atoms with E-state index < -0.39 is 0 Å². The van der Waals surface area contributed by atoms with Gasteiger partial charge in [-0.1, -0.05) is 32.6 Å². The maximum atomic E-state index is 14.3. The fraction of sp³-hybridized carbons (Fsp3) is 0.308. The van der Waals surface area contributed by atoms with Gasteiger partial charge in [-0.25, -0.2) is 14.4 Å². The average Bonchev–Trinajstić information content (AvgIpc) is 2.68. The molecule has 156 valence electrons. The van der Waals surface area contributed by atoms with E-state index in [0.29, 0.717) is 5.56 Å². The molecule has 0 aliphatic rings. The van der Waals surface area contributed by atoms with E-state index in [2.05, 4.69) is 68.6 Å². The predicted octanol–water partition coefficient (Wildman–Crippen LogP) is 6.74. The molecule has 0 aliphatic carbocycles. The molecule has 1 aromatic heterocycles. The summed E-state index contributed by atoms with van der Waals surface area (Å²) in [5.74, 6) is 0.0415. The second-order valence-electron chi connectivity index (χ2n) is 9.09. The average molecular weight is 404 g/mol. The van der Waals surface area contributed by atoms with Gasteiger partial charge in [-0.05, 0) is 85.7 Å². The summed E-state index contributed by atoms with van der Waals surface area (Å²) in [6.45, 7) is 16.5. The molecule has 0 fully saturated rings. The summed E-state index contributed by atoms with van der Waals surface area (Å²) in [5, 5.41) is 3.45. The van der Waals surface area contributed by atoms with E-state index in [1.54, 1.807) is 19.3 Å². The number of benzene rings is 2. The second-order valence-corrected chi connectivity index (χ2v) is 9.09. The summed E-state index contributed by atoms with van der Waals surface area (Å²) in [7, 11) is 0. The van der Waals surface area contributed by atoms with Crippen LogP contribution in [-0.2, 0) is 0 Å². The van der Waals surface area contributed by atoms with Gasteiger partial charge in [0, 0.05) is 23.0 Å². The molecule has 0 amide bonds. The summed E-state index contributed by atoms with van der Waals surface area (Å²) in [5.41, 5.74) is 6.99. The second kappa shape index (κ2) is 8.39. The third kappa shape index (κ3) is 4.93. The lowest BCUT2D eigenvalue weighted by atomic mass is 9.92. The summed E-state index contributed by atoms with van der Waals surface area (Å²) in [4.78, 5) is 8.76. The van der Waals surface area contributed by atoms with Gasteiger partial charge >= 0.3 is 0 Å². The maximum absolute atomic E-state index is 14.3. The van der Waals surface area contributed by atoms with E-state index in [-0.39, 0.29) is 17.3 Å². The van der Waals surface area contributed by atoms with E-state index in [1.165, 1.54) is 0 Å². The molecule has 3 rings (SSSR count). The van der Waals surface area contributed by atoms with Crippen LogP contribution in [-0.4, -0.2) is 15.5 Å². The molecule has 4 heteroatoms. The van der Waals surface area contributed by atoms with Gasteiger partial charge in [-0.15, -0.1) is 0 Å². The quantitative estimate of drug-likeness (QED) is 0.512. The summed E-state index contributed by atoms with van der Waals surface area (Å²) >= 11 is 0. The highest BCUT2D eigenvalue weighted by molar-refractivity contribution is 5.80. The van der Waals surface area contributed by atoms with Crippen LogP contribution in [0.3, 0.4) is 0 Å². The minimum atomic E-state index is -0.211. The van der Waals surface area contributed by atoms with Gasteiger partial charge in [0.05, 0.1) is 5.69 Å². The van der Waals surface area contributed by atoms with Crippen molar-refractivity contribution in [2.45, 2.75) is 53.0 Å². The first-order valence-corrected chi connectivity index (χ1v) is 10.2. The monoisotopic (exact) mass is 403 g/mol. The number of nitrogens with zero attached hydrogens (tertiary/aromatic N) is 2. The number of halogens is 1. The maximum Gasteiger partial charge on any atom is 0.126 e. The van der Waals surface area contributed by atoms with Gasteiger partial charge in [0.1, 0.15) is 12.1 Å². The molecule has 0 spiro atoms. The standard InChI is InChI=1S/C26H30FN3/c1-16(2)25-23(14-28-15-29-25)22-11-20(18(4)30-26(5,6)7)10-21(12-22)19-9-8-17(3)24(27)13-19/h8-16,30H,4H2,1-3,5-7H3. The van der Waals surface area contributed by atoms with Crippen LogP contribution in [0.5, 0.6) is 0 Å². The SMILES string of the molecule is C=C(NC(C)(C)C)c1cc(-c2ccc(C)c(F)c2)cc(-c2cncnc2C(C)C)c1. The summed E-state index contributed by atoms with van der Waals surface area (Å²) in [6.07, 6.45) is 3.43. The zero-order valence-electron chi connectivity index (χ0n) is 18.7. The van der Waals surface area contributed by atoms with Crippen molar-refractivity contribution in [3.63, 3.8) is 0 Å². The van der Waals surface area contributed by atoms with Crippen molar-refractivity contribution in [3.8, 4) is 22.3 Å². The molecular weight excluding hydrogens is 373 g/mol. The number of nitrogens with one attached hydrogen (secondary N) is 1. The van der Waals surface area contributed by atoms with Crippen LogP contribution < -0.4 is 5.32 Å². The fourth-order valence-corrected chi connectivity index (χ4v) is 3.44. The molecule has 1 N–H and O–H groups in total. The van der Waals surface area contributed by atoms with Crippen molar-refractivity contribution in [2.24, 2.45) is 0 Å². The van der Waals surface area contributed by atoms with Crippen molar-refractivity contribution >= 4 is 5.70 Å². The van der Waals surface area contributed by atoms with Crippen LogP contribution in [0, 0.1) is 12.7 Å². The fourth-order valence-electron chi connectivity index (χ4n) is 3.44. The number of rotatable bonds is 5. The molecule has 0 aliphatic heterocycles. The zero-order valence-corrected chi connectivity index (χ0v) is 18.7. The van der Waals surface area contributed by atoms with E-state index in [4.69, 9.17) is 0 Å². The molecular formula is C26H30FN3. The first-order valence-electron chi connectivity index (χ1n) is 10.2. The molecule has 2 aromatic carbocycles. The molecule has 0 saturated carbocycles. The van der Waals surface area contributed by atoms with E-state index in [9.17, 15) is 4.39 Å². The lowest BCUT2D eigenvalue weighted by molar-refractivity contribution is 0.502. The molecule has 1 heterocycles. The number of hydrogen-bond donors (Lipinski definition) is 1. The van der Waals surface area contributed by atoms with Crippen molar-refractivity contribution in [1.29, 1.82) is 0 Å². The van der Waals surface area contributed by atoms with Gasteiger partial charge in [0.25, 0.3) is 0 Å². The lowest BCUT2D eigenvalue weighted by Crippen LogP contribution is -2.33. The van der Waals surface area contributed by atoms with Crippen molar-refractivity contribution in [3.05, 3.63) is 78.1 Å². The van der Waals surface area contributed by atoms with Gasteiger partial charge < -0.3 is 5.32 Å². The smallest absolute Gasteiger partial charge is 0.126 e. The molecule has 0 radical (unpaired) electrons. The van der Waals surface area contributed by atoms with Crippen molar-refractivity contribution in [1.82, 2.24) is 15.3 Å². The van der Waals surface area contributed by atoms with Gasteiger partial charge in [-0.3, -0.25) is 0 Å². The highest BCUT2D eigenvalue weighted by Crippen LogP contribution is 2.33. The predicted molar refractivity (Wildman–Crippen MR) is 124 cm³/mol. The number of hydrogen-bond acceptors (Lipinski definition) is 3. The van der Waals surface area contributed by atoms with Crippen LogP contribution >= 0.6 is 0 Å². The molecule has 0 atom stereocenters. The molecule has 0 unspecified atom stereocenters. The Kier molecular flexibility index (Phi) is 6.06. The first-order chi connectivity index (χ1) is 14.0. The minimum Gasteiger partial charge on any atom is -0.380 e. The Morgan fingerprint density at radius 2 is 1.73 bits per heavy atom. The molecule has 3 nitrogen and oxygen atoms in total. The van der Waals surface area contributed by atoms with E-state index in [0.717, 1.165) is 39.2 Å². The van der Waals surface area contributed by atoms with Crippen molar-refractivity contribution < 1.29 is 4.39 Å². The number of aromatic nitrogens is 2. The van der Waals surface area contributed by atoms with Gasteiger partial charge in [0.2, 0.25) is 0 Å². The van der Waals surface area contributed by atoms with E-state index in [1.807, 2.05) is 24.4 Å². The third-order valence-electron chi connectivity index (χ3n) is 4.91. The first kappa shape index (κ1) is 21.7. The topological polar surface area (TPSA) is 37.8 Å². The van der Waals surface area contributed by atoms with Crippen LogP contribution in [0.2, 0.25) is 0 Å². The van der Waals surface area contributed by atoms with Crippen LogP contribution in [0.15, 0.2) is 55.5 Å². The summed E-state index contributed by atoms with van der Waals surface area (Å²) < 4.78 is 14.3.